The Kier molecular flexibility index (Phi) is 5.98. The number of hydrogen-bond acceptors (Lipinski definition) is 5. The summed E-state index contributed by atoms with van der Waals surface area (Å²) in [6, 6.07) is 3.37. The number of amides is 2. The summed E-state index contributed by atoms with van der Waals surface area (Å²) in [6.07, 6.45) is 3.14. The van der Waals surface area contributed by atoms with E-state index in [1.54, 1.807) is 17.0 Å². The van der Waals surface area contributed by atoms with E-state index in [9.17, 15) is 9.59 Å². The van der Waals surface area contributed by atoms with Gasteiger partial charge in [-0.2, -0.15) is 0 Å². The van der Waals surface area contributed by atoms with Crippen molar-refractivity contribution in [2.75, 3.05) is 45.9 Å². The number of ether oxygens (including phenoxy) is 1. The molecule has 0 aromatic carbocycles. The van der Waals surface area contributed by atoms with Crippen LogP contribution in [0.2, 0.25) is 0 Å². The van der Waals surface area contributed by atoms with Crippen molar-refractivity contribution in [1.82, 2.24) is 15.1 Å². The molecule has 0 spiro atoms. The van der Waals surface area contributed by atoms with Gasteiger partial charge in [0, 0.05) is 38.3 Å². The number of morpholine rings is 1. The predicted octanol–water partition coefficient (Wildman–Crippen LogP) is 1.36. The highest BCUT2D eigenvalue weighted by Crippen LogP contribution is 2.20. The monoisotopic (exact) mass is 363 g/mol. The third-order valence-electron chi connectivity index (χ3n) is 5.37. The maximum absolute atomic E-state index is 12.7. The highest BCUT2D eigenvalue weighted by molar-refractivity contribution is 5.92. The second-order valence-electron chi connectivity index (χ2n) is 7.70. The van der Waals surface area contributed by atoms with Gasteiger partial charge in [0.15, 0.2) is 5.76 Å². The van der Waals surface area contributed by atoms with Crippen molar-refractivity contribution in [3.63, 3.8) is 0 Å². The van der Waals surface area contributed by atoms with Crippen LogP contribution in [0.15, 0.2) is 22.8 Å². The van der Waals surface area contributed by atoms with Crippen LogP contribution < -0.4 is 5.32 Å². The van der Waals surface area contributed by atoms with Crippen LogP contribution in [-0.2, 0) is 9.53 Å². The molecule has 0 bridgehead atoms. The number of hydrogen-bond donors (Lipinski definition) is 1. The second kappa shape index (κ2) is 8.22. The number of carbonyl (C=O) groups is 2. The highest BCUT2D eigenvalue weighted by atomic mass is 16.5. The minimum absolute atomic E-state index is 0.0308. The third kappa shape index (κ3) is 4.45. The summed E-state index contributed by atoms with van der Waals surface area (Å²) in [5.74, 6) is 0.0621. The van der Waals surface area contributed by atoms with Crippen molar-refractivity contribution in [2.24, 2.45) is 5.92 Å². The first-order chi connectivity index (χ1) is 12.5. The van der Waals surface area contributed by atoms with E-state index in [-0.39, 0.29) is 23.3 Å². The molecule has 3 heterocycles. The first kappa shape index (κ1) is 18.9. The first-order valence-electron chi connectivity index (χ1n) is 9.41. The lowest BCUT2D eigenvalue weighted by Gasteiger charge is -2.41. The van der Waals surface area contributed by atoms with Gasteiger partial charge in [-0.3, -0.25) is 14.5 Å². The van der Waals surface area contributed by atoms with Gasteiger partial charge in [0.1, 0.15) is 0 Å². The molecule has 26 heavy (non-hydrogen) atoms. The van der Waals surface area contributed by atoms with Gasteiger partial charge >= 0.3 is 0 Å². The summed E-state index contributed by atoms with van der Waals surface area (Å²) in [5, 5.41) is 3.10. The molecule has 1 aromatic heterocycles. The lowest BCUT2D eigenvalue weighted by Crippen LogP contribution is -2.56. The van der Waals surface area contributed by atoms with Crippen molar-refractivity contribution in [2.45, 2.75) is 32.2 Å². The summed E-state index contributed by atoms with van der Waals surface area (Å²) >= 11 is 0. The molecular formula is C19H29N3O4. The lowest BCUT2D eigenvalue weighted by atomic mass is 9.96. The Bertz CT molecular complexity index is 608. The van der Waals surface area contributed by atoms with E-state index in [1.165, 1.54) is 6.26 Å². The molecule has 0 saturated carbocycles. The molecule has 0 aliphatic carbocycles. The third-order valence-corrected chi connectivity index (χ3v) is 5.37. The molecule has 1 N–H and O–H groups in total. The van der Waals surface area contributed by atoms with Gasteiger partial charge in [-0.25, -0.2) is 0 Å². The van der Waals surface area contributed by atoms with Crippen LogP contribution in [0.4, 0.5) is 0 Å². The smallest absolute Gasteiger partial charge is 0.289 e. The molecular weight excluding hydrogens is 334 g/mol. The van der Waals surface area contributed by atoms with Crippen LogP contribution in [-0.4, -0.2) is 73.1 Å². The lowest BCUT2D eigenvalue weighted by molar-refractivity contribution is -0.127. The molecule has 2 aliphatic rings. The molecule has 1 aromatic rings. The highest BCUT2D eigenvalue weighted by Gasteiger charge is 2.32. The van der Waals surface area contributed by atoms with Gasteiger partial charge in [0.2, 0.25) is 5.91 Å². The zero-order chi connectivity index (χ0) is 18.6. The van der Waals surface area contributed by atoms with Crippen molar-refractivity contribution >= 4 is 11.8 Å². The quantitative estimate of drug-likeness (QED) is 0.855. The molecule has 2 saturated heterocycles. The second-order valence-corrected chi connectivity index (χ2v) is 7.70. The first-order valence-corrected chi connectivity index (χ1v) is 9.41. The Labute approximate surface area is 154 Å². The normalized spacial score (nSPS) is 22.2. The fourth-order valence-corrected chi connectivity index (χ4v) is 3.66. The summed E-state index contributed by atoms with van der Waals surface area (Å²) in [7, 11) is 0. The molecule has 7 nitrogen and oxygen atoms in total. The Morgan fingerprint density at radius 1 is 1.27 bits per heavy atom. The molecule has 0 radical (unpaired) electrons. The fourth-order valence-electron chi connectivity index (χ4n) is 3.66. The summed E-state index contributed by atoms with van der Waals surface area (Å²) in [6.45, 7) is 9.25. The maximum Gasteiger partial charge on any atom is 0.289 e. The van der Waals surface area contributed by atoms with E-state index >= 15 is 0 Å². The average Bonchev–Trinajstić information content (AvgIpc) is 3.21. The zero-order valence-electron chi connectivity index (χ0n) is 15.7. The number of carbonyl (C=O) groups excluding carboxylic acids is 2. The molecule has 2 amide bonds. The topological polar surface area (TPSA) is 75.0 Å². The molecule has 1 atom stereocenters. The summed E-state index contributed by atoms with van der Waals surface area (Å²) in [4.78, 5) is 29.2. The molecule has 2 fully saturated rings. The molecule has 1 unspecified atom stereocenters. The van der Waals surface area contributed by atoms with Gasteiger partial charge < -0.3 is 19.4 Å². The van der Waals surface area contributed by atoms with E-state index in [2.05, 4.69) is 24.1 Å². The van der Waals surface area contributed by atoms with Crippen molar-refractivity contribution in [3.05, 3.63) is 24.2 Å². The average molecular weight is 363 g/mol. The van der Waals surface area contributed by atoms with Crippen molar-refractivity contribution in [3.8, 4) is 0 Å². The van der Waals surface area contributed by atoms with Crippen LogP contribution in [0.25, 0.3) is 0 Å². The fraction of sp³-hybridized carbons (Fsp3) is 0.684. The number of rotatable bonds is 5. The Morgan fingerprint density at radius 3 is 2.73 bits per heavy atom. The Balaban J connectivity index is 1.51. The van der Waals surface area contributed by atoms with Crippen LogP contribution in [0.5, 0.6) is 0 Å². The summed E-state index contributed by atoms with van der Waals surface area (Å²) in [5.41, 5.74) is -0.113. The SMILES string of the molecule is CC(C)(CNC(=O)C1CCCN(C(=O)c2ccco2)C1)N1CCOCC1. The Morgan fingerprint density at radius 2 is 2.04 bits per heavy atom. The van der Waals surface area contributed by atoms with Gasteiger partial charge in [-0.1, -0.05) is 0 Å². The minimum Gasteiger partial charge on any atom is -0.459 e. The number of piperidine rings is 1. The van der Waals surface area contributed by atoms with Crippen LogP contribution in [0.3, 0.4) is 0 Å². The van der Waals surface area contributed by atoms with E-state index in [0.29, 0.717) is 25.4 Å². The van der Waals surface area contributed by atoms with Crippen LogP contribution >= 0.6 is 0 Å². The van der Waals surface area contributed by atoms with Gasteiger partial charge in [-0.05, 0) is 38.8 Å². The predicted molar refractivity (Wildman–Crippen MR) is 96.8 cm³/mol. The Hall–Kier alpha value is -1.86. The molecule has 7 heteroatoms. The minimum atomic E-state index is -0.164. The van der Waals surface area contributed by atoms with E-state index in [4.69, 9.17) is 9.15 Å². The van der Waals surface area contributed by atoms with Gasteiger partial charge in [0.05, 0.1) is 25.4 Å². The molecule has 2 aliphatic heterocycles. The van der Waals surface area contributed by atoms with E-state index in [1.807, 2.05) is 0 Å². The zero-order valence-corrected chi connectivity index (χ0v) is 15.7. The molecule has 144 valence electrons. The summed E-state index contributed by atoms with van der Waals surface area (Å²) < 4.78 is 10.6. The largest absolute Gasteiger partial charge is 0.459 e. The molecule has 3 rings (SSSR count). The number of furan rings is 1. The van der Waals surface area contributed by atoms with Crippen LogP contribution in [0.1, 0.15) is 37.2 Å². The number of nitrogens with one attached hydrogen (secondary N) is 1. The van der Waals surface area contributed by atoms with E-state index < -0.39 is 0 Å². The van der Waals surface area contributed by atoms with Crippen LogP contribution in [0, 0.1) is 5.92 Å². The van der Waals surface area contributed by atoms with Crippen molar-refractivity contribution < 1.29 is 18.7 Å². The number of nitrogens with zero attached hydrogens (tertiary/aromatic N) is 2. The standard InChI is InChI=1S/C19H29N3O4/c1-19(2,22-8-11-25-12-9-22)14-20-17(23)15-5-3-7-21(13-15)18(24)16-6-4-10-26-16/h4,6,10,15H,3,5,7-9,11-14H2,1-2H3,(H,20,23). The maximum atomic E-state index is 12.7. The van der Waals surface area contributed by atoms with Gasteiger partial charge in [0.25, 0.3) is 5.91 Å². The number of likely N-dealkylation sites (tertiary alicyclic amines) is 1. The van der Waals surface area contributed by atoms with E-state index in [0.717, 1.165) is 39.1 Å². The van der Waals surface area contributed by atoms with Crippen molar-refractivity contribution in [1.29, 1.82) is 0 Å². The van der Waals surface area contributed by atoms with Gasteiger partial charge in [-0.15, -0.1) is 0 Å².